The van der Waals surface area contributed by atoms with Crippen LogP contribution in [0.15, 0.2) is 84.9 Å². The zero-order valence-corrected chi connectivity index (χ0v) is 18.2. The van der Waals surface area contributed by atoms with E-state index < -0.39 is 0 Å². The fourth-order valence-corrected chi connectivity index (χ4v) is 4.98. The lowest BCUT2D eigenvalue weighted by Gasteiger charge is -2.46. The molecule has 29 heavy (non-hydrogen) atoms. The van der Waals surface area contributed by atoms with Crippen molar-refractivity contribution < 1.29 is 5.11 Å². The fraction of sp³-hybridized carbons (Fsp3) is 0.357. The van der Waals surface area contributed by atoms with Crippen molar-refractivity contribution >= 4 is 0 Å². The molecule has 0 atom stereocenters. The molecule has 0 spiro atoms. The second-order valence-corrected chi connectivity index (χ2v) is 9.25. The van der Waals surface area contributed by atoms with Crippen LogP contribution in [0.3, 0.4) is 0 Å². The molecular weight excluding hydrogens is 352 g/mol. The predicted octanol–water partition coefficient (Wildman–Crippen LogP) is 7.29. The summed E-state index contributed by atoms with van der Waals surface area (Å²) < 4.78 is 0. The van der Waals surface area contributed by atoms with Gasteiger partial charge in [-0.25, -0.2) is 0 Å². The lowest BCUT2D eigenvalue weighted by Crippen LogP contribution is -2.42. The molecule has 0 aliphatic heterocycles. The Labute approximate surface area is 176 Å². The van der Waals surface area contributed by atoms with Crippen LogP contribution >= 0.6 is 0 Å². The first kappa shape index (κ1) is 21.2. The zero-order chi connectivity index (χ0) is 20.9. The van der Waals surface area contributed by atoms with E-state index in [4.69, 9.17) is 0 Å². The molecule has 0 amide bonds. The molecule has 0 radical (unpaired) electrons. The molecule has 3 aromatic rings. The molecule has 0 fully saturated rings. The second kappa shape index (κ2) is 8.86. The molecule has 0 saturated carbocycles. The van der Waals surface area contributed by atoms with Gasteiger partial charge in [0, 0.05) is 0 Å². The molecule has 1 N–H and O–H groups in total. The van der Waals surface area contributed by atoms with E-state index in [0.717, 1.165) is 24.8 Å². The van der Waals surface area contributed by atoms with E-state index in [2.05, 4.69) is 88.4 Å². The van der Waals surface area contributed by atoms with Gasteiger partial charge in [-0.05, 0) is 58.8 Å². The van der Waals surface area contributed by atoms with Gasteiger partial charge in [-0.1, -0.05) is 107 Å². The van der Waals surface area contributed by atoms with Crippen molar-refractivity contribution in [2.75, 3.05) is 0 Å². The topological polar surface area (TPSA) is 20.2 Å². The van der Waals surface area contributed by atoms with Crippen LogP contribution in [0.5, 0.6) is 5.75 Å². The molecule has 1 nitrogen and oxygen atoms in total. The van der Waals surface area contributed by atoms with E-state index in [1.165, 1.54) is 11.1 Å². The summed E-state index contributed by atoms with van der Waals surface area (Å²) in [6.45, 7) is 9.55. The van der Waals surface area contributed by atoms with Crippen LogP contribution < -0.4 is 0 Å². The predicted molar refractivity (Wildman–Crippen MR) is 123 cm³/mol. The van der Waals surface area contributed by atoms with Crippen molar-refractivity contribution in [3.05, 3.63) is 102 Å². The highest BCUT2D eigenvalue weighted by molar-refractivity contribution is 5.33. The van der Waals surface area contributed by atoms with Gasteiger partial charge in [-0.2, -0.15) is 0 Å². The second-order valence-electron chi connectivity index (χ2n) is 9.25. The Hall–Kier alpha value is -2.54. The molecule has 152 valence electrons. The van der Waals surface area contributed by atoms with Crippen LogP contribution in [0, 0.1) is 5.92 Å². The van der Waals surface area contributed by atoms with E-state index in [1.54, 1.807) is 6.07 Å². The van der Waals surface area contributed by atoms with Crippen LogP contribution in [0.4, 0.5) is 0 Å². The van der Waals surface area contributed by atoms with Crippen LogP contribution in [0.1, 0.15) is 57.2 Å². The van der Waals surface area contributed by atoms with Gasteiger partial charge in [-0.3, -0.25) is 0 Å². The van der Waals surface area contributed by atoms with Crippen LogP contribution in [0.25, 0.3) is 0 Å². The van der Waals surface area contributed by atoms with E-state index in [9.17, 15) is 5.11 Å². The minimum absolute atomic E-state index is 0.0271. The Morgan fingerprint density at radius 1 is 0.655 bits per heavy atom. The number of phenols is 1. The first-order valence-electron chi connectivity index (χ1n) is 10.7. The van der Waals surface area contributed by atoms with Crippen LogP contribution in [0.2, 0.25) is 0 Å². The van der Waals surface area contributed by atoms with Gasteiger partial charge >= 0.3 is 0 Å². The number of aromatic hydroxyl groups is 1. The zero-order valence-electron chi connectivity index (χ0n) is 18.2. The Morgan fingerprint density at radius 3 is 1.59 bits per heavy atom. The Balaban J connectivity index is 1.90. The van der Waals surface area contributed by atoms with Crippen molar-refractivity contribution in [2.45, 2.75) is 57.8 Å². The Morgan fingerprint density at radius 2 is 1.10 bits per heavy atom. The number of hydrogen-bond donors (Lipinski definition) is 1. The summed E-state index contributed by atoms with van der Waals surface area (Å²) in [7, 11) is 0. The molecule has 0 aromatic heterocycles. The molecule has 3 rings (SSSR count). The minimum Gasteiger partial charge on any atom is -0.508 e. The normalized spacial score (nSPS) is 12.3. The van der Waals surface area contributed by atoms with Crippen LogP contribution in [-0.2, 0) is 17.3 Å². The largest absolute Gasteiger partial charge is 0.508 e. The standard InChI is InChI=1S/C28H34O/c1-27(2,23-16-7-5-8-17-23)26(28(3,4)24-18-9-6-10-19-24)21-13-15-22-14-11-12-20-25(22)29/h5-12,14,16-20,26,29H,13,15,21H2,1-4H3. The quantitative estimate of drug-likeness (QED) is 0.431. The molecule has 0 bridgehead atoms. The monoisotopic (exact) mass is 386 g/mol. The van der Waals surface area contributed by atoms with Gasteiger partial charge in [0.25, 0.3) is 0 Å². The SMILES string of the molecule is CC(C)(c1ccccc1)C(CCCc1ccccc1O)C(C)(C)c1ccccc1. The first-order chi connectivity index (χ1) is 13.8. The van der Waals surface area contributed by atoms with Gasteiger partial charge in [0.1, 0.15) is 5.75 Å². The lowest BCUT2D eigenvalue weighted by atomic mass is 9.58. The third kappa shape index (κ3) is 4.72. The third-order valence-corrected chi connectivity index (χ3v) is 6.71. The summed E-state index contributed by atoms with van der Waals surface area (Å²) in [6.07, 6.45) is 3.05. The summed E-state index contributed by atoms with van der Waals surface area (Å²) in [5, 5.41) is 10.2. The number of hydrogen-bond acceptors (Lipinski definition) is 1. The summed E-state index contributed by atoms with van der Waals surface area (Å²) in [5.74, 6) is 0.861. The number of rotatable bonds is 8. The Kier molecular flexibility index (Phi) is 6.47. The van der Waals surface area contributed by atoms with E-state index in [0.29, 0.717) is 11.7 Å². The summed E-state index contributed by atoms with van der Waals surface area (Å²) >= 11 is 0. The minimum atomic E-state index is 0.0271. The van der Waals surface area contributed by atoms with Crippen molar-refractivity contribution in [1.82, 2.24) is 0 Å². The molecule has 0 unspecified atom stereocenters. The average Bonchev–Trinajstić information content (AvgIpc) is 2.73. The highest BCUT2D eigenvalue weighted by Gasteiger charge is 2.42. The highest BCUT2D eigenvalue weighted by atomic mass is 16.3. The van der Waals surface area contributed by atoms with E-state index >= 15 is 0 Å². The smallest absolute Gasteiger partial charge is 0.118 e. The van der Waals surface area contributed by atoms with Gasteiger partial charge < -0.3 is 5.11 Å². The van der Waals surface area contributed by atoms with Crippen molar-refractivity contribution in [3.8, 4) is 5.75 Å². The molecule has 1 heteroatoms. The van der Waals surface area contributed by atoms with Gasteiger partial charge in [0.2, 0.25) is 0 Å². The number of aryl methyl sites for hydroxylation is 1. The molecular formula is C28H34O. The number of phenolic OH excluding ortho intramolecular Hbond substituents is 1. The van der Waals surface area contributed by atoms with Crippen molar-refractivity contribution in [3.63, 3.8) is 0 Å². The first-order valence-corrected chi connectivity index (χ1v) is 10.7. The van der Waals surface area contributed by atoms with E-state index in [-0.39, 0.29) is 10.8 Å². The lowest BCUT2D eigenvalue weighted by molar-refractivity contribution is 0.182. The summed E-state index contributed by atoms with van der Waals surface area (Å²) in [4.78, 5) is 0. The summed E-state index contributed by atoms with van der Waals surface area (Å²) in [6, 6.07) is 29.5. The van der Waals surface area contributed by atoms with Gasteiger partial charge in [0.05, 0.1) is 0 Å². The fourth-order valence-electron chi connectivity index (χ4n) is 4.98. The molecule has 3 aromatic carbocycles. The van der Waals surface area contributed by atoms with Crippen LogP contribution in [-0.4, -0.2) is 5.11 Å². The highest BCUT2D eigenvalue weighted by Crippen LogP contribution is 2.47. The third-order valence-electron chi connectivity index (χ3n) is 6.71. The Bertz CT molecular complexity index is 842. The average molecular weight is 387 g/mol. The summed E-state index contributed by atoms with van der Waals surface area (Å²) in [5.41, 5.74) is 3.87. The number of benzene rings is 3. The van der Waals surface area contributed by atoms with Gasteiger partial charge in [0.15, 0.2) is 0 Å². The van der Waals surface area contributed by atoms with Crippen molar-refractivity contribution in [1.29, 1.82) is 0 Å². The maximum Gasteiger partial charge on any atom is 0.118 e. The maximum atomic E-state index is 10.2. The van der Waals surface area contributed by atoms with Crippen molar-refractivity contribution in [2.24, 2.45) is 5.92 Å². The maximum absolute atomic E-state index is 10.2. The molecule has 0 heterocycles. The van der Waals surface area contributed by atoms with Gasteiger partial charge in [-0.15, -0.1) is 0 Å². The number of para-hydroxylation sites is 1. The van der Waals surface area contributed by atoms with E-state index in [1.807, 2.05) is 18.2 Å². The molecule has 0 aliphatic carbocycles. The molecule has 0 aliphatic rings. The molecule has 0 saturated heterocycles.